The fraction of sp³-hybridized carbons (Fsp3) is 0.174. The number of methoxy groups -OCH3 is 6. The third kappa shape index (κ3) is 17.2. The predicted molar refractivity (Wildman–Crippen MR) is 241 cm³/mol. The zero-order valence-electron chi connectivity index (χ0n) is 36.6. The van der Waals surface area contributed by atoms with E-state index in [9.17, 15) is 25.9 Å². The van der Waals surface area contributed by atoms with Crippen molar-refractivity contribution in [1.82, 2.24) is 0 Å². The molecule has 4 N–H and O–H groups in total. The van der Waals surface area contributed by atoms with Gasteiger partial charge in [0.25, 0.3) is 0 Å². The van der Waals surface area contributed by atoms with Crippen molar-refractivity contribution in [2.24, 2.45) is 14.1 Å². The minimum atomic E-state index is -4.25. The van der Waals surface area contributed by atoms with Gasteiger partial charge in [0.2, 0.25) is 11.4 Å². The normalized spacial score (nSPS) is 10.5. The molecule has 6 rings (SSSR count). The van der Waals surface area contributed by atoms with Crippen LogP contribution in [0.25, 0.3) is 24.3 Å². The van der Waals surface area contributed by atoms with E-state index in [0.717, 1.165) is 34.0 Å². The van der Waals surface area contributed by atoms with Crippen molar-refractivity contribution in [3.8, 4) is 34.5 Å². The molecule has 0 spiro atoms. The Hall–Kier alpha value is -6.80. The van der Waals surface area contributed by atoms with Crippen LogP contribution in [0.1, 0.15) is 22.5 Å². The molecule has 6 aromatic rings. The van der Waals surface area contributed by atoms with E-state index in [0.29, 0.717) is 23.0 Å². The van der Waals surface area contributed by atoms with Crippen LogP contribution in [-0.4, -0.2) is 79.6 Å². The second-order valence-electron chi connectivity index (χ2n) is 12.6. The fourth-order valence-corrected chi connectivity index (χ4v) is 6.29. The number of ether oxygens (including phenoxy) is 6. The molecule has 16 nitrogen and oxygen atoms in total. The predicted octanol–water partition coefficient (Wildman–Crippen LogP) is 4.95. The quantitative estimate of drug-likeness (QED) is 0.117. The number of hydrogen-bond acceptors (Lipinski definition) is 12. The number of rotatable bonds is 12. The van der Waals surface area contributed by atoms with Crippen LogP contribution in [0.3, 0.4) is 0 Å². The van der Waals surface area contributed by atoms with E-state index in [1.165, 1.54) is 48.5 Å². The van der Waals surface area contributed by atoms with Crippen LogP contribution < -0.4 is 37.6 Å². The second kappa shape index (κ2) is 27.3. The summed E-state index contributed by atoms with van der Waals surface area (Å²) in [7, 11) is 5.24. The lowest BCUT2D eigenvalue weighted by Crippen LogP contribution is -2.30. The van der Waals surface area contributed by atoms with Gasteiger partial charge in [-0.1, -0.05) is 36.4 Å². The van der Waals surface area contributed by atoms with Gasteiger partial charge >= 0.3 is 0 Å². The standard InChI is InChI=1S/2C17H20NO3.2C6H6O3S.2H2O/c2*1-18-10-6-5-7-14(18)9-8-13-11-16(20-3)17(21-4)12-15(13)19-2;2*7-10(8,9)6-4-2-1-3-5-6;;/h2*5-12H,1-4H3;2*1-5H,(H,7,8,9);2*1H2/q2*+1;;;;/p-2/b2*9-8+;;;;. The molecule has 0 amide bonds. The summed E-state index contributed by atoms with van der Waals surface area (Å²) in [5.41, 5.74) is 4.04. The van der Waals surface area contributed by atoms with Crippen molar-refractivity contribution in [2.45, 2.75) is 9.79 Å². The van der Waals surface area contributed by atoms with Crippen LogP contribution in [0.15, 0.2) is 144 Å². The van der Waals surface area contributed by atoms with E-state index in [1.54, 1.807) is 54.8 Å². The maximum Gasteiger partial charge on any atom is 0.204 e. The maximum absolute atomic E-state index is 10.3. The summed E-state index contributed by atoms with van der Waals surface area (Å²) in [4.78, 5) is -0.370. The highest BCUT2D eigenvalue weighted by atomic mass is 32.2. The highest BCUT2D eigenvalue weighted by molar-refractivity contribution is 7.86. The van der Waals surface area contributed by atoms with Crippen molar-refractivity contribution in [3.63, 3.8) is 0 Å². The zero-order valence-corrected chi connectivity index (χ0v) is 38.3. The third-order valence-corrected chi connectivity index (χ3v) is 10.3. The van der Waals surface area contributed by atoms with Crippen LogP contribution in [0.4, 0.5) is 0 Å². The van der Waals surface area contributed by atoms with Crippen LogP contribution in [-0.2, 0) is 34.3 Å². The summed E-state index contributed by atoms with van der Waals surface area (Å²) < 4.78 is 97.8. The highest BCUT2D eigenvalue weighted by Crippen LogP contribution is 2.36. The van der Waals surface area contributed by atoms with Gasteiger partial charge in [0.15, 0.2) is 35.4 Å². The van der Waals surface area contributed by atoms with E-state index in [4.69, 9.17) is 28.4 Å². The highest BCUT2D eigenvalue weighted by Gasteiger charge is 2.12. The van der Waals surface area contributed by atoms with Gasteiger partial charge in [0.05, 0.1) is 52.4 Å². The molecule has 0 aliphatic carbocycles. The number of benzene rings is 4. The van der Waals surface area contributed by atoms with Crippen molar-refractivity contribution in [3.05, 3.63) is 156 Å². The molecular formula is C46H54N2O14S2. The van der Waals surface area contributed by atoms with Crippen molar-refractivity contribution in [2.75, 3.05) is 42.7 Å². The van der Waals surface area contributed by atoms with Gasteiger partial charge in [0.1, 0.15) is 45.8 Å². The van der Waals surface area contributed by atoms with Crippen molar-refractivity contribution < 1.29 is 74.4 Å². The molecule has 0 fully saturated rings. The molecule has 0 saturated carbocycles. The smallest absolute Gasteiger partial charge is 0.204 e. The molecule has 4 aromatic carbocycles. The second-order valence-corrected chi connectivity index (χ2v) is 15.3. The number of aromatic nitrogens is 2. The molecule has 0 atom stereocenters. The topological polar surface area (TPSA) is 241 Å². The molecule has 0 bridgehead atoms. The van der Waals surface area contributed by atoms with Crippen LogP contribution in [0.2, 0.25) is 0 Å². The van der Waals surface area contributed by atoms with Gasteiger partial charge in [0, 0.05) is 59.7 Å². The van der Waals surface area contributed by atoms with Gasteiger partial charge in [-0.15, -0.1) is 0 Å². The lowest BCUT2D eigenvalue weighted by molar-refractivity contribution is -0.673. The molecule has 0 aliphatic rings. The molecule has 2 aromatic heterocycles. The first-order valence-corrected chi connectivity index (χ1v) is 21.3. The average Bonchev–Trinajstić information content (AvgIpc) is 3.28. The summed E-state index contributed by atoms with van der Waals surface area (Å²) >= 11 is 0. The Morgan fingerprint density at radius 1 is 0.406 bits per heavy atom. The number of nitrogens with zero attached hydrogens (tertiary/aromatic N) is 2. The zero-order chi connectivity index (χ0) is 45.7. The minimum Gasteiger partial charge on any atom is -0.744 e. The summed E-state index contributed by atoms with van der Waals surface area (Å²) in [5, 5.41) is 0. The Balaban J connectivity index is 0.000000446. The van der Waals surface area contributed by atoms with Gasteiger partial charge in [-0.05, 0) is 60.7 Å². The maximum atomic E-state index is 10.3. The minimum absolute atomic E-state index is 0. The van der Waals surface area contributed by atoms with Crippen molar-refractivity contribution >= 4 is 44.5 Å². The first-order chi connectivity index (χ1) is 29.6. The first-order valence-electron chi connectivity index (χ1n) is 18.5. The first kappa shape index (κ1) is 55.2. The monoisotopic (exact) mass is 922 g/mol. The Morgan fingerprint density at radius 3 is 0.938 bits per heavy atom. The molecule has 0 unspecified atom stereocenters. The number of hydrogen-bond donors (Lipinski definition) is 0. The molecule has 64 heavy (non-hydrogen) atoms. The molecule has 2 heterocycles. The molecule has 18 heteroatoms. The van der Waals surface area contributed by atoms with E-state index >= 15 is 0 Å². The van der Waals surface area contributed by atoms with Gasteiger partial charge < -0.3 is 48.5 Å². The van der Waals surface area contributed by atoms with Crippen molar-refractivity contribution in [1.29, 1.82) is 0 Å². The lowest BCUT2D eigenvalue weighted by atomic mass is 10.1. The fourth-order valence-electron chi connectivity index (χ4n) is 5.31. The third-order valence-electron chi connectivity index (χ3n) is 8.59. The van der Waals surface area contributed by atoms with E-state index in [2.05, 4.69) is 0 Å². The molecular weight excluding hydrogens is 869 g/mol. The largest absolute Gasteiger partial charge is 0.744 e. The van der Waals surface area contributed by atoms with Crippen LogP contribution >= 0.6 is 0 Å². The lowest BCUT2D eigenvalue weighted by Gasteiger charge is -2.12. The Labute approximate surface area is 374 Å². The SMILES string of the molecule is COc1cc(OC)c(OC)cc1/C=C/c1cccc[n+]1C.COc1cc(OC)c(OC)cc1/C=C/c1cccc[n+]1C.O.O.O=S(=O)([O-])c1ccccc1.O=S(=O)([O-])c1ccccc1. The molecule has 344 valence electrons. The van der Waals surface area contributed by atoms with E-state index in [1.807, 2.05) is 121 Å². The number of aryl methyl sites for hydroxylation is 2. The molecule has 0 aliphatic heterocycles. The van der Waals surface area contributed by atoms with E-state index in [-0.39, 0.29) is 20.7 Å². The molecule has 0 saturated heterocycles. The Kier molecular flexibility index (Phi) is 23.6. The van der Waals surface area contributed by atoms with Crippen LogP contribution in [0, 0.1) is 0 Å². The summed E-state index contributed by atoms with van der Waals surface area (Å²) in [6, 6.07) is 33.9. The van der Waals surface area contributed by atoms with Gasteiger partial charge in [-0.3, -0.25) is 0 Å². The Morgan fingerprint density at radius 2 is 0.688 bits per heavy atom. The van der Waals surface area contributed by atoms with E-state index < -0.39 is 20.2 Å². The average molecular weight is 923 g/mol. The summed E-state index contributed by atoms with van der Waals surface area (Å²) in [6.45, 7) is 0. The summed E-state index contributed by atoms with van der Waals surface area (Å²) in [5.74, 6) is 4.13. The molecule has 0 radical (unpaired) electrons. The summed E-state index contributed by atoms with van der Waals surface area (Å²) in [6.07, 6.45) is 12.1. The van der Waals surface area contributed by atoms with Gasteiger partial charge in [-0.25, -0.2) is 26.0 Å². The van der Waals surface area contributed by atoms with Crippen LogP contribution in [0.5, 0.6) is 34.5 Å². The number of pyridine rings is 2. The Bertz CT molecular complexity index is 2440. The van der Waals surface area contributed by atoms with Gasteiger partial charge in [-0.2, -0.15) is 0 Å².